The molecule has 0 bridgehead atoms. The van der Waals surface area contributed by atoms with E-state index < -0.39 is 23.6 Å². The van der Waals surface area contributed by atoms with Crippen LogP contribution in [0.1, 0.15) is 11.1 Å². The number of carbonyl (C=O) groups is 2. The number of rotatable bonds is 5. The second-order valence-electron chi connectivity index (χ2n) is 6.10. The predicted molar refractivity (Wildman–Crippen MR) is 97.6 cm³/mol. The van der Waals surface area contributed by atoms with Gasteiger partial charge in [0.05, 0.1) is 5.56 Å². The van der Waals surface area contributed by atoms with Crippen LogP contribution in [0, 0.1) is 0 Å². The molecule has 144 valence electrons. The molecule has 0 radical (unpaired) electrons. The zero-order valence-corrected chi connectivity index (χ0v) is 14.9. The zero-order chi connectivity index (χ0) is 20.0. The smallest absolute Gasteiger partial charge is 0.378 e. The number of carbonyl (C=O) groups excluding carboxylic acids is 2. The maximum Gasteiger partial charge on any atom is 0.416 e. The van der Waals surface area contributed by atoms with Gasteiger partial charge in [0.15, 0.2) is 0 Å². The number of amides is 2. The van der Waals surface area contributed by atoms with Crippen LogP contribution in [0.15, 0.2) is 48.5 Å². The molecule has 0 aromatic heterocycles. The van der Waals surface area contributed by atoms with Crippen molar-refractivity contribution in [2.75, 3.05) is 30.9 Å². The Bertz CT molecular complexity index is 785. The fourth-order valence-electron chi connectivity index (χ4n) is 2.29. The van der Waals surface area contributed by atoms with Crippen LogP contribution in [-0.4, -0.2) is 32.5 Å². The maximum absolute atomic E-state index is 12.5. The lowest BCUT2D eigenvalue weighted by atomic mass is 10.1. The van der Waals surface area contributed by atoms with Gasteiger partial charge in [-0.15, -0.1) is 0 Å². The molecule has 0 unspecified atom stereocenters. The molecule has 0 aliphatic rings. The fraction of sp³-hybridized carbons (Fsp3) is 0.263. The summed E-state index contributed by atoms with van der Waals surface area (Å²) in [6, 6.07) is 11.6. The zero-order valence-electron chi connectivity index (χ0n) is 14.9. The molecular weight excluding hydrogens is 359 g/mol. The molecule has 0 saturated heterocycles. The Morgan fingerprint density at radius 1 is 0.926 bits per heavy atom. The van der Waals surface area contributed by atoms with Crippen LogP contribution in [0.25, 0.3) is 0 Å². The number of benzene rings is 2. The Labute approximate surface area is 155 Å². The van der Waals surface area contributed by atoms with E-state index in [1.54, 1.807) is 0 Å². The van der Waals surface area contributed by atoms with Crippen molar-refractivity contribution in [3.05, 3.63) is 59.7 Å². The first kappa shape index (κ1) is 20.3. The molecule has 2 N–H and O–H groups in total. The first-order chi connectivity index (χ1) is 12.7. The fourth-order valence-corrected chi connectivity index (χ4v) is 2.29. The van der Waals surface area contributed by atoms with Gasteiger partial charge in [0.1, 0.15) is 0 Å². The Hall–Kier alpha value is -3.03. The standard InChI is InChI=1S/C19H20F3N3O2/c1-25(2)16-9-3-13(4-10-16)11-12-23-17(26)18(27)24-15-7-5-14(6-8-15)19(20,21)22/h3-10H,11-12H2,1-2H3,(H,23,26)(H,24,27). The number of halogens is 3. The summed E-state index contributed by atoms with van der Waals surface area (Å²) in [6.45, 7) is 0.264. The first-order valence-electron chi connectivity index (χ1n) is 8.19. The van der Waals surface area contributed by atoms with Crippen molar-refractivity contribution in [3.63, 3.8) is 0 Å². The van der Waals surface area contributed by atoms with Gasteiger partial charge in [-0.3, -0.25) is 9.59 Å². The monoisotopic (exact) mass is 379 g/mol. The molecule has 0 spiro atoms. The molecule has 2 aromatic rings. The molecule has 8 heteroatoms. The highest BCUT2D eigenvalue weighted by molar-refractivity contribution is 6.39. The Kier molecular flexibility index (Phi) is 6.44. The number of alkyl halides is 3. The van der Waals surface area contributed by atoms with Crippen molar-refractivity contribution >= 4 is 23.2 Å². The number of anilines is 2. The third-order valence-electron chi connectivity index (χ3n) is 3.83. The average molecular weight is 379 g/mol. The van der Waals surface area contributed by atoms with Gasteiger partial charge in [0.25, 0.3) is 0 Å². The molecule has 2 aromatic carbocycles. The van der Waals surface area contributed by atoms with E-state index >= 15 is 0 Å². The number of nitrogens with zero attached hydrogens (tertiary/aromatic N) is 1. The molecule has 2 rings (SSSR count). The van der Waals surface area contributed by atoms with Crippen LogP contribution >= 0.6 is 0 Å². The van der Waals surface area contributed by atoms with Gasteiger partial charge in [-0.1, -0.05) is 12.1 Å². The molecule has 0 heterocycles. The second-order valence-corrected chi connectivity index (χ2v) is 6.10. The van der Waals surface area contributed by atoms with E-state index in [0.717, 1.165) is 35.5 Å². The van der Waals surface area contributed by atoms with Crippen LogP contribution in [-0.2, 0) is 22.2 Å². The summed E-state index contributed by atoms with van der Waals surface area (Å²) in [4.78, 5) is 25.6. The molecule has 27 heavy (non-hydrogen) atoms. The molecule has 0 aliphatic carbocycles. The summed E-state index contributed by atoms with van der Waals surface area (Å²) in [6.07, 6.45) is -3.91. The minimum absolute atomic E-state index is 0.113. The third-order valence-corrected chi connectivity index (χ3v) is 3.83. The van der Waals surface area contributed by atoms with Crippen LogP contribution in [0.5, 0.6) is 0 Å². The molecule has 2 amide bonds. The van der Waals surface area contributed by atoms with Gasteiger partial charge in [-0.2, -0.15) is 13.2 Å². The minimum Gasteiger partial charge on any atom is -0.378 e. The first-order valence-corrected chi connectivity index (χ1v) is 8.19. The van der Waals surface area contributed by atoms with Gasteiger partial charge < -0.3 is 15.5 Å². The highest BCUT2D eigenvalue weighted by Gasteiger charge is 2.30. The summed E-state index contributed by atoms with van der Waals surface area (Å²) in [5.41, 5.74) is 1.34. The molecule has 0 saturated carbocycles. The highest BCUT2D eigenvalue weighted by atomic mass is 19.4. The van der Waals surface area contributed by atoms with Crippen molar-refractivity contribution < 1.29 is 22.8 Å². The lowest BCUT2D eigenvalue weighted by Gasteiger charge is -2.12. The van der Waals surface area contributed by atoms with E-state index in [1.807, 2.05) is 43.3 Å². The van der Waals surface area contributed by atoms with E-state index in [9.17, 15) is 22.8 Å². The summed E-state index contributed by atoms with van der Waals surface area (Å²) in [7, 11) is 3.87. The molecule has 5 nitrogen and oxygen atoms in total. The van der Waals surface area contributed by atoms with Crippen molar-refractivity contribution in [1.29, 1.82) is 0 Å². The number of nitrogens with one attached hydrogen (secondary N) is 2. The molecular formula is C19H20F3N3O2. The van der Waals surface area contributed by atoms with Crippen LogP contribution in [0.3, 0.4) is 0 Å². The Morgan fingerprint density at radius 2 is 1.52 bits per heavy atom. The number of hydrogen-bond donors (Lipinski definition) is 2. The summed E-state index contributed by atoms with van der Waals surface area (Å²) >= 11 is 0. The van der Waals surface area contributed by atoms with Crippen molar-refractivity contribution in [2.24, 2.45) is 0 Å². The highest BCUT2D eigenvalue weighted by Crippen LogP contribution is 2.29. The van der Waals surface area contributed by atoms with E-state index in [0.29, 0.717) is 6.42 Å². The lowest BCUT2D eigenvalue weighted by molar-refractivity contribution is -0.137. The van der Waals surface area contributed by atoms with Crippen molar-refractivity contribution in [2.45, 2.75) is 12.6 Å². The predicted octanol–water partition coefficient (Wildman–Crippen LogP) is 3.07. The quantitative estimate of drug-likeness (QED) is 0.785. The maximum atomic E-state index is 12.5. The topological polar surface area (TPSA) is 61.4 Å². The van der Waals surface area contributed by atoms with Crippen LogP contribution < -0.4 is 15.5 Å². The molecule has 0 atom stereocenters. The van der Waals surface area contributed by atoms with Gasteiger partial charge in [-0.05, 0) is 48.4 Å². The largest absolute Gasteiger partial charge is 0.416 e. The van der Waals surface area contributed by atoms with E-state index in [2.05, 4.69) is 10.6 Å². The van der Waals surface area contributed by atoms with E-state index in [1.165, 1.54) is 0 Å². The average Bonchev–Trinajstić information content (AvgIpc) is 2.61. The Morgan fingerprint density at radius 3 is 2.04 bits per heavy atom. The SMILES string of the molecule is CN(C)c1ccc(CCNC(=O)C(=O)Nc2ccc(C(F)(F)F)cc2)cc1. The van der Waals surface area contributed by atoms with E-state index in [4.69, 9.17) is 0 Å². The summed E-state index contributed by atoms with van der Waals surface area (Å²) in [5.74, 6) is -1.78. The third kappa shape index (κ3) is 6.02. The minimum atomic E-state index is -4.45. The van der Waals surface area contributed by atoms with Gasteiger partial charge in [0, 0.05) is 32.0 Å². The van der Waals surface area contributed by atoms with Crippen molar-refractivity contribution in [3.8, 4) is 0 Å². The van der Waals surface area contributed by atoms with E-state index in [-0.39, 0.29) is 12.2 Å². The molecule has 0 fully saturated rings. The Balaban J connectivity index is 1.81. The van der Waals surface area contributed by atoms with Gasteiger partial charge in [-0.25, -0.2) is 0 Å². The van der Waals surface area contributed by atoms with Crippen LogP contribution in [0.4, 0.5) is 24.5 Å². The van der Waals surface area contributed by atoms with Gasteiger partial charge in [0.2, 0.25) is 0 Å². The van der Waals surface area contributed by atoms with Crippen LogP contribution in [0.2, 0.25) is 0 Å². The second kappa shape index (κ2) is 8.57. The van der Waals surface area contributed by atoms with Crippen molar-refractivity contribution in [1.82, 2.24) is 5.32 Å². The normalized spacial score (nSPS) is 11.0. The number of hydrogen-bond acceptors (Lipinski definition) is 3. The van der Waals surface area contributed by atoms with Gasteiger partial charge >= 0.3 is 18.0 Å². The molecule has 0 aliphatic heterocycles. The summed E-state index contributed by atoms with van der Waals surface area (Å²) in [5, 5.41) is 4.75. The summed E-state index contributed by atoms with van der Waals surface area (Å²) < 4.78 is 37.5. The lowest BCUT2D eigenvalue weighted by Crippen LogP contribution is -2.36.